The number of urea groups is 1. The van der Waals surface area contributed by atoms with Crippen molar-refractivity contribution < 1.29 is 18.9 Å². The van der Waals surface area contributed by atoms with E-state index in [1.54, 1.807) is 31.0 Å². The summed E-state index contributed by atoms with van der Waals surface area (Å²) >= 11 is 0. The number of hydrogen-bond acceptors (Lipinski definition) is 9. The molecule has 3 fully saturated rings. The van der Waals surface area contributed by atoms with Crippen LogP contribution in [0, 0.1) is 18.8 Å². The summed E-state index contributed by atoms with van der Waals surface area (Å²) in [5, 5.41) is 6.72. The molecule has 182 valence electrons. The Kier molecular flexibility index (Phi) is 4.97. The third-order valence-electron chi connectivity index (χ3n) is 7.08. The minimum absolute atomic E-state index is 0.0163. The fourth-order valence-electron chi connectivity index (χ4n) is 5.16. The van der Waals surface area contributed by atoms with Gasteiger partial charge in [-0.15, -0.1) is 0 Å². The third kappa shape index (κ3) is 3.88. The average Bonchev–Trinajstić information content (AvgIpc) is 3.17. The zero-order valence-corrected chi connectivity index (χ0v) is 19.5. The second-order valence-electron chi connectivity index (χ2n) is 9.63. The highest BCUT2D eigenvalue weighted by Gasteiger charge is 2.50. The molecule has 2 saturated heterocycles. The van der Waals surface area contributed by atoms with E-state index in [1.165, 1.54) is 17.7 Å². The van der Waals surface area contributed by atoms with Gasteiger partial charge in [0.25, 0.3) is 5.91 Å². The van der Waals surface area contributed by atoms with E-state index in [0.717, 1.165) is 35.6 Å². The standard InChI is InChI=1S/C23H26N8O4/c1-13-6-16(27-35-13)10-31-22(33)20-21(28(2)23(31)34)24-12-30(20)11-19(32)26-17-4-3-5-18(25-17)29-8-14-7-15(14)9-29/h3-6,12,14-15,20-21H,7-11H2,1-2H3,(H,25,26,32). The minimum Gasteiger partial charge on any atom is -0.361 e. The summed E-state index contributed by atoms with van der Waals surface area (Å²) in [5.74, 6) is 2.72. The number of anilines is 2. The molecule has 2 aromatic rings. The summed E-state index contributed by atoms with van der Waals surface area (Å²) in [6, 6.07) is 5.99. The zero-order valence-electron chi connectivity index (χ0n) is 19.5. The average molecular weight is 479 g/mol. The smallest absolute Gasteiger partial charge is 0.328 e. The molecule has 1 N–H and O–H groups in total. The van der Waals surface area contributed by atoms with Gasteiger partial charge in [0.1, 0.15) is 23.1 Å². The Hall–Kier alpha value is -3.96. The molecular weight excluding hydrogens is 452 g/mol. The van der Waals surface area contributed by atoms with Gasteiger partial charge < -0.3 is 24.5 Å². The Morgan fingerprint density at radius 3 is 2.77 bits per heavy atom. The molecule has 4 unspecified atom stereocenters. The molecular formula is C23H26N8O4. The van der Waals surface area contributed by atoms with Crippen molar-refractivity contribution in [3.63, 3.8) is 0 Å². The summed E-state index contributed by atoms with van der Waals surface area (Å²) in [6.45, 7) is 3.65. The summed E-state index contributed by atoms with van der Waals surface area (Å²) in [7, 11) is 1.59. The highest BCUT2D eigenvalue weighted by Crippen LogP contribution is 2.46. The molecule has 4 atom stereocenters. The largest absolute Gasteiger partial charge is 0.361 e. The molecule has 35 heavy (non-hydrogen) atoms. The van der Waals surface area contributed by atoms with Crippen LogP contribution < -0.4 is 10.2 Å². The Balaban J connectivity index is 1.13. The Labute approximate surface area is 201 Å². The number of piperidine rings is 1. The van der Waals surface area contributed by atoms with E-state index >= 15 is 0 Å². The van der Waals surface area contributed by atoms with Crippen molar-refractivity contribution in [1.29, 1.82) is 0 Å². The number of rotatable bonds is 6. The molecule has 0 bridgehead atoms. The van der Waals surface area contributed by atoms with Crippen molar-refractivity contribution in [2.24, 2.45) is 16.8 Å². The third-order valence-corrected chi connectivity index (χ3v) is 7.08. The number of aromatic nitrogens is 2. The normalized spacial score (nSPS) is 26.9. The van der Waals surface area contributed by atoms with Crippen molar-refractivity contribution in [2.45, 2.75) is 32.1 Å². The van der Waals surface area contributed by atoms with Gasteiger partial charge in [0.05, 0.1) is 19.4 Å². The number of nitrogens with zero attached hydrogens (tertiary/aromatic N) is 7. The van der Waals surface area contributed by atoms with E-state index in [-0.39, 0.29) is 19.0 Å². The van der Waals surface area contributed by atoms with Crippen LogP contribution in [0.4, 0.5) is 16.4 Å². The first kappa shape index (κ1) is 21.6. The number of fused-ring (bicyclic) bond motifs is 2. The van der Waals surface area contributed by atoms with E-state index in [4.69, 9.17) is 4.52 Å². The number of pyridine rings is 1. The predicted molar refractivity (Wildman–Crippen MR) is 124 cm³/mol. The number of likely N-dealkylation sites (N-methyl/N-ethyl adjacent to an activating group) is 1. The number of aliphatic imine (C=N–C) groups is 1. The fraction of sp³-hybridized carbons (Fsp3) is 0.478. The Morgan fingerprint density at radius 2 is 2.03 bits per heavy atom. The van der Waals surface area contributed by atoms with Gasteiger partial charge in [0.15, 0.2) is 12.2 Å². The Bertz CT molecular complexity index is 1220. The number of aryl methyl sites for hydroxylation is 1. The van der Waals surface area contributed by atoms with Crippen molar-refractivity contribution in [2.75, 3.05) is 36.9 Å². The molecule has 6 rings (SSSR count). The maximum absolute atomic E-state index is 13.3. The predicted octanol–water partition coefficient (Wildman–Crippen LogP) is 0.905. The highest BCUT2D eigenvalue weighted by atomic mass is 16.5. The van der Waals surface area contributed by atoms with Crippen LogP contribution in [0.2, 0.25) is 0 Å². The summed E-state index contributed by atoms with van der Waals surface area (Å²) in [5.41, 5.74) is 0.473. The van der Waals surface area contributed by atoms with Gasteiger partial charge in [0, 0.05) is 26.2 Å². The van der Waals surface area contributed by atoms with E-state index in [9.17, 15) is 14.4 Å². The maximum Gasteiger partial charge on any atom is 0.328 e. The van der Waals surface area contributed by atoms with E-state index in [0.29, 0.717) is 17.3 Å². The number of carbonyl (C=O) groups is 3. The molecule has 12 nitrogen and oxygen atoms in total. The van der Waals surface area contributed by atoms with Crippen LogP contribution in [0.3, 0.4) is 0 Å². The second kappa shape index (κ2) is 8.07. The summed E-state index contributed by atoms with van der Waals surface area (Å²) in [6.07, 6.45) is 2.07. The lowest BCUT2D eigenvalue weighted by molar-refractivity contribution is -0.138. The molecule has 2 aromatic heterocycles. The second-order valence-corrected chi connectivity index (χ2v) is 9.63. The monoisotopic (exact) mass is 478 g/mol. The van der Waals surface area contributed by atoms with Crippen LogP contribution in [0.5, 0.6) is 0 Å². The molecule has 12 heteroatoms. The first-order valence-corrected chi connectivity index (χ1v) is 11.7. The molecule has 0 radical (unpaired) electrons. The van der Waals surface area contributed by atoms with Gasteiger partial charge in [-0.25, -0.2) is 14.8 Å². The molecule has 4 aliphatic rings. The van der Waals surface area contributed by atoms with Gasteiger partial charge in [-0.1, -0.05) is 11.2 Å². The van der Waals surface area contributed by atoms with Crippen LogP contribution in [0.15, 0.2) is 33.8 Å². The van der Waals surface area contributed by atoms with E-state index in [1.807, 2.05) is 12.1 Å². The van der Waals surface area contributed by atoms with Crippen LogP contribution in [-0.2, 0) is 16.1 Å². The lowest BCUT2D eigenvalue weighted by Gasteiger charge is -2.40. The van der Waals surface area contributed by atoms with Gasteiger partial charge >= 0.3 is 6.03 Å². The van der Waals surface area contributed by atoms with E-state index < -0.39 is 24.1 Å². The first-order chi connectivity index (χ1) is 16.9. The number of amides is 4. The minimum atomic E-state index is -0.799. The van der Waals surface area contributed by atoms with Gasteiger partial charge in [-0.2, -0.15) is 0 Å². The number of hydrogen-bond donors (Lipinski definition) is 1. The van der Waals surface area contributed by atoms with Crippen LogP contribution in [0.1, 0.15) is 17.9 Å². The van der Waals surface area contributed by atoms with Crippen molar-refractivity contribution >= 4 is 35.8 Å². The lowest BCUT2D eigenvalue weighted by Crippen LogP contribution is -2.64. The molecule has 1 saturated carbocycles. The molecule has 0 aromatic carbocycles. The van der Waals surface area contributed by atoms with Gasteiger partial charge in [-0.3, -0.25) is 14.5 Å². The van der Waals surface area contributed by atoms with Crippen molar-refractivity contribution in [3.8, 4) is 0 Å². The summed E-state index contributed by atoms with van der Waals surface area (Å²) in [4.78, 5) is 54.2. The van der Waals surface area contributed by atoms with E-state index in [2.05, 4.69) is 25.3 Å². The molecule has 3 aliphatic heterocycles. The highest BCUT2D eigenvalue weighted by molar-refractivity contribution is 6.03. The fourth-order valence-corrected chi connectivity index (χ4v) is 5.16. The number of imide groups is 1. The van der Waals surface area contributed by atoms with Gasteiger partial charge in [-0.05, 0) is 37.3 Å². The lowest BCUT2D eigenvalue weighted by atomic mass is 10.1. The van der Waals surface area contributed by atoms with Crippen LogP contribution in [-0.4, -0.2) is 87.9 Å². The van der Waals surface area contributed by atoms with Gasteiger partial charge in [0.2, 0.25) is 5.91 Å². The molecule has 1 aliphatic carbocycles. The van der Waals surface area contributed by atoms with Crippen molar-refractivity contribution in [1.82, 2.24) is 24.8 Å². The maximum atomic E-state index is 13.3. The Morgan fingerprint density at radius 1 is 1.23 bits per heavy atom. The quantitative estimate of drug-likeness (QED) is 0.649. The number of nitrogens with one attached hydrogen (secondary N) is 1. The van der Waals surface area contributed by atoms with Crippen LogP contribution in [0.25, 0.3) is 0 Å². The first-order valence-electron chi connectivity index (χ1n) is 11.7. The molecule has 4 amide bonds. The summed E-state index contributed by atoms with van der Waals surface area (Å²) < 4.78 is 5.06. The van der Waals surface area contributed by atoms with Crippen molar-refractivity contribution in [3.05, 3.63) is 35.7 Å². The topological polar surface area (TPSA) is 127 Å². The molecule has 0 spiro atoms. The molecule has 5 heterocycles. The SMILES string of the molecule is Cc1cc(CN2C(=O)C3C(N=CN3CC(=O)Nc3cccc(N4CC5CC5C4)n3)N(C)C2=O)no1. The number of carbonyl (C=O) groups excluding carboxylic acids is 3. The zero-order chi connectivity index (χ0) is 24.3. The van der Waals surface area contributed by atoms with Crippen LogP contribution >= 0.6 is 0 Å².